The Bertz CT molecular complexity index is 1150. The number of hydrogen-bond acceptors (Lipinski definition) is 5. The van der Waals surface area contributed by atoms with Gasteiger partial charge in [-0.05, 0) is 23.8 Å². The quantitative estimate of drug-likeness (QED) is 0.430. The van der Waals surface area contributed by atoms with E-state index in [9.17, 15) is 14.7 Å². The van der Waals surface area contributed by atoms with Crippen molar-refractivity contribution in [2.24, 2.45) is 7.05 Å². The lowest BCUT2D eigenvalue weighted by Crippen LogP contribution is -2.22. The molecule has 2 aromatic carbocycles. The molecule has 7 heteroatoms. The van der Waals surface area contributed by atoms with Gasteiger partial charge in [-0.1, -0.05) is 30.3 Å². The van der Waals surface area contributed by atoms with Crippen molar-refractivity contribution in [1.82, 2.24) is 9.88 Å². The number of carbonyl (C=O) groups excluding carboxylic acids is 2. The van der Waals surface area contributed by atoms with Crippen LogP contribution in [0.15, 0.2) is 59.6 Å². The third kappa shape index (κ3) is 3.60. The topological polar surface area (TPSA) is 91.6 Å². The van der Waals surface area contributed by atoms with E-state index in [2.05, 4.69) is 5.32 Å². The van der Waals surface area contributed by atoms with E-state index >= 15 is 0 Å². The molecule has 0 radical (unpaired) electrons. The number of fused-ring (bicyclic) bond motifs is 1. The molecule has 2 amide bonds. The summed E-state index contributed by atoms with van der Waals surface area (Å²) in [6, 6.07) is 15.1. The number of hydrogen-bond donors (Lipinski definition) is 3. The second-order valence-electron chi connectivity index (χ2n) is 6.88. The Morgan fingerprint density at radius 2 is 1.83 bits per heavy atom. The Morgan fingerprint density at radius 3 is 2.62 bits per heavy atom. The van der Waals surface area contributed by atoms with Crippen LogP contribution in [0, 0.1) is 0 Å². The van der Waals surface area contributed by atoms with Gasteiger partial charge in [-0.25, -0.2) is 0 Å². The fraction of sp³-hybridized carbons (Fsp3) is 0.182. The van der Waals surface area contributed by atoms with Crippen LogP contribution in [-0.4, -0.2) is 45.1 Å². The average Bonchev–Trinajstić information content (AvgIpc) is 3.21. The molecule has 3 aromatic rings. The van der Waals surface area contributed by atoms with Crippen molar-refractivity contribution in [2.75, 3.05) is 12.4 Å². The van der Waals surface area contributed by atoms with Gasteiger partial charge in [0.15, 0.2) is 0 Å². The van der Waals surface area contributed by atoms with Gasteiger partial charge in [0, 0.05) is 40.4 Å². The Labute approximate surface area is 171 Å². The number of nitrogens with zero attached hydrogens (tertiary/aromatic N) is 1. The van der Waals surface area contributed by atoms with Crippen LogP contribution in [0.2, 0.25) is 0 Å². The van der Waals surface area contributed by atoms with Crippen LogP contribution in [0.1, 0.15) is 11.1 Å². The molecule has 2 heterocycles. The number of rotatable bonds is 6. The predicted molar refractivity (Wildman–Crippen MR) is 113 cm³/mol. The standard InChI is InChI=1S/C22H20N2O4S/c1-24-10-17(16-7-2-3-8-18(16)24)20-19(21(27)23-22(20)28)13-5-4-6-15(9-13)29-12-14(26)11-25/h2-10,14,25-26H,11-12H2,1H3,(H,23,27,28). The highest BCUT2D eigenvalue weighted by molar-refractivity contribution is 7.99. The van der Waals surface area contributed by atoms with Gasteiger partial charge >= 0.3 is 0 Å². The van der Waals surface area contributed by atoms with E-state index < -0.39 is 17.9 Å². The third-order valence-electron chi connectivity index (χ3n) is 4.87. The highest BCUT2D eigenvalue weighted by Crippen LogP contribution is 2.36. The zero-order chi connectivity index (χ0) is 20.5. The first-order valence-electron chi connectivity index (χ1n) is 9.16. The summed E-state index contributed by atoms with van der Waals surface area (Å²) in [5, 5.41) is 21.9. The lowest BCUT2D eigenvalue weighted by Gasteiger charge is -2.09. The molecule has 0 fully saturated rings. The Hall–Kier alpha value is -2.87. The molecule has 1 aliphatic rings. The third-order valence-corrected chi connectivity index (χ3v) is 6.01. The molecule has 0 bridgehead atoms. The molecule has 4 rings (SSSR count). The van der Waals surface area contributed by atoms with E-state index in [0.717, 1.165) is 21.4 Å². The van der Waals surface area contributed by atoms with Crippen LogP contribution in [0.3, 0.4) is 0 Å². The first-order valence-corrected chi connectivity index (χ1v) is 10.1. The highest BCUT2D eigenvalue weighted by Gasteiger charge is 2.33. The van der Waals surface area contributed by atoms with Gasteiger partial charge in [0.2, 0.25) is 0 Å². The molecular formula is C22H20N2O4S. The number of imide groups is 1. The molecular weight excluding hydrogens is 388 g/mol. The van der Waals surface area contributed by atoms with Gasteiger partial charge in [-0.2, -0.15) is 0 Å². The molecule has 0 saturated heterocycles. The molecule has 1 atom stereocenters. The fourth-order valence-electron chi connectivity index (χ4n) is 3.52. The summed E-state index contributed by atoms with van der Waals surface area (Å²) in [5.41, 5.74) is 3.04. The van der Waals surface area contributed by atoms with Crippen molar-refractivity contribution in [1.29, 1.82) is 0 Å². The van der Waals surface area contributed by atoms with Crippen molar-refractivity contribution >= 4 is 45.6 Å². The maximum Gasteiger partial charge on any atom is 0.259 e. The minimum Gasteiger partial charge on any atom is -0.394 e. The summed E-state index contributed by atoms with van der Waals surface area (Å²) < 4.78 is 1.94. The number of para-hydroxylation sites is 1. The van der Waals surface area contributed by atoms with Gasteiger partial charge in [-0.3, -0.25) is 14.9 Å². The normalized spacial score (nSPS) is 15.3. The summed E-state index contributed by atoms with van der Waals surface area (Å²) in [5.74, 6) is -0.495. The minimum absolute atomic E-state index is 0.306. The van der Waals surface area contributed by atoms with Crippen LogP contribution in [-0.2, 0) is 16.6 Å². The lowest BCUT2D eigenvalue weighted by molar-refractivity contribution is -0.122. The van der Waals surface area contributed by atoms with E-state index in [1.54, 1.807) is 6.07 Å². The van der Waals surface area contributed by atoms with Crippen molar-refractivity contribution in [3.8, 4) is 0 Å². The van der Waals surface area contributed by atoms with Crippen LogP contribution < -0.4 is 5.32 Å². The maximum absolute atomic E-state index is 12.7. The SMILES string of the molecule is Cn1cc(C2=C(c3cccc(SCC(O)CO)c3)C(=O)NC2=O)c2ccccc21. The molecule has 0 aliphatic carbocycles. The number of amides is 2. The molecule has 6 nitrogen and oxygen atoms in total. The van der Waals surface area contributed by atoms with E-state index in [1.807, 2.05) is 60.3 Å². The Morgan fingerprint density at radius 1 is 1.07 bits per heavy atom. The number of aliphatic hydroxyl groups is 2. The number of nitrogens with one attached hydrogen (secondary N) is 1. The van der Waals surface area contributed by atoms with E-state index in [1.165, 1.54) is 11.8 Å². The zero-order valence-electron chi connectivity index (χ0n) is 15.8. The summed E-state index contributed by atoms with van der Waals surface area (Å²) in [4.78, 5) is 26.2. The number of aryl methyl sites for hydroxylation is 1. The van der Waals surface area contributed by atoms with Crippen molar-refractivity contribution < 1.29 is 19.8 Å². The van der Waals surface area contributed by atoms with Crippen molar-refractivity contribution in [3.05, 3.63) is 65.9 Å². The first kappa shape index (κ1) is 19.4. The van der Waals surface area contributed by atoms with Crippen LogP contribution >= 0.6 is 11.8 Å². The van der Waals surface area contributed by atoms with Gasteiger partial charge in [0.05, 0.1) is 23.9 Å². The maximum atomic E-state index is 12.7. The Balaban J connectivity index is 1.83. The van der Waals surface area contributed by atoms with Crippen LogP contribution in [0.5, 0.6) is 0 Å². The second kappa shape index (κ2) is 7.87. The van der Waals surface area contributed by atoms with Crippen LogP contribution in [0.25, 0.3) is 22.0 Å². The van der Waals surface area contributed by atoms with Gasteiger partial charge in [0.1, 0.15) is 0 Å². The predicted octanol–water partition coefficient (Wildman–Crippen LogP) is 2.19. The van der Waals surface area contributed by atoms with Gasteiger partial charge < -0.3 is 14.8 Å². The average molecular weight is 408 g/mol. The summed E-state index contributed by atoms with van der Waals surface area (Å²) in [7, 11) is 1.91. The molecule has 1 aliphatic heterocycles. The molecule has 148 valence electrons. The molecule has 0 spiro atoms. The fourth-order valence-corrected chi connectivity index (χ4v) is 4.39. The zero-order valence-corrected chi connectivity index (χ0v) is 16.6. The molecule has 3 N–H and O–H groups in total. The minimum atomic E-state index is -0.814. The first-order chi connectivity index (χ1) is 14.0. The highest BCUT2D eigenvalue weighted by atomic mass is 32.2. The molecule has 29 heavy (non-hydrogen) atoms. The van der Waals surface area contributed by atoms with E-state index in [0.29, 0.717) is 22.5 Å². The number of thioether (sulfide) groups is 1. The molecule has 1 unspecified atom stereocenters. The lowest BCUT2D eigenvalue weighted by atomic mass is 9.96. The number of carbonyl (C=O) groups is 2. The number of aromatic nitrogens is 1. The smallest absolute Gasteiger partial charge is 0.259 e. The number of benzene rings is 2. The van der Waals surface area contributed by atoms with Crippen molar-refractivity contribution in [2.45, 2.75) is 11.0 Å². The van der Waals surface area contributed by atoms with Gasteiger partial charge in [-0.15, -0.1) is 11.8 Å². The Kier molecular flexibility index (Phi) is 5.27. The van der Waals surface area contributed by atoms with Crippen molar-refractivity contribution in [3.63, 3.8) is 0 Å². The second-order valence-corrected chi connectivity index (χ2v) is 7.97. The van der Waals surface area contributed by atoms with Gasteiger partial charge in [0.25, 0.3) is 11.8 Å². The largest absolute Gasteiger partial charge is 0.394 e. The molecule has 0 saturated carbocycles. The van der Waals surface area contributed by atoms with E-state index in [4.69, 9.17) is 5.11 Å². The summed E-state index contributed by atoms with van der Waals surface area (Å²) in [6.07, 6.45) is 1.06. The summed E-state index contributed by atoms with van der Waals surface area (Å²) in [6.45, 7) is -0.306. The molecule has 1 aromatic heterocycles. The number of aliphatic hydroxyl groups excluding tert-OH is 2. The summed E-state index contributed by atoms with van der Waals surface area (Å²) >= 11 is 1.38. The van der Waals surface area contributed by atoms with Crippen LogP contribution in [0.4, 0.5) is 0 Å². The van der Waals surface area contributed by atoms with E-state index in [-0.39, 0.29) is 6.61 Å². The monoisotopic (exact) mass is 408 g/mol.